The molecule has 3 rings (SSSR count). The Kier molecular flexibility index (Phi) is 7.58. The monoisotopic (exact) mass is 480 g/mol. The molecule has 0 saturated heterocycles. The van der Waals surface area contributed by atoms with Gasteiger partial charge in [-0.15, -0.1) is 0 Å². The Morgan fingerprint density at radius 1 is 0.943 bits per heavy atom. The minimum absolute atomic E-state index is 0.0149. The minimum Gasteiger partial charge on any atom is -0.481 e. The van der Waals surface area contributed by atoms with E-state index in [-0.39, 0.29) is 30.8 Å². The van der Waals surface area contributed by atoms with Crippen LogP contribution in [0.1, 0.15) is 65.0 Å². The summed E-state index contributed by atoms with van der Waals surface area (Å²) in [4.78, 5) is 37.1. The van der Waals surface area contributed by atoms with Crippen molar-refractivity contribution in [2.75, 3.05) is 6.61 Å². The van der Waals surface area contributed by atoms with Crippen LogP contribution in [-0.2, 0) is 14.3 Å². The number of amides is 2. The number of carbonyl (C=O) groups is 3. The van der Waals surface area contributed by atoms with Crippen LogP contribution in [0.5, 0.6) is 0 Å². The van der Waals surface area contributed by atoms with Gasteiger partial charge in [-0.3, -0.25) is 9.59 Å². The van der Waals surface area contributed by atoms with E-state index in [1.165, 1.54) is 0 Å². The summed E-state index contributed by atoms with van der Waals surface area (Å²) in [6.07, 6.45) is -0.565. The Morgan fingerprint density at radius 2 is 1.46 bits per heavy atom. The fraction of sp³-hybridized carbons (Fsp3) is 0.464. The zero-order valence-electron chi connectivity index (χ0n) is 21.3. The predicted molar refractivity (Wildman–Crippen MR) is 135 cm³/mol. The molecule has 35 heavy (non-hydrogen) atoms. The predicted octanol–water partition coefficient (Wildman–Crippen LogP) is 4.95. The van der Waals surface area contributed by atoms with Gasteiger partial charge < -0.3 is 20.5 Å². The van der Waals surface area contributed by atoms with Gasteiger partial charge in [0, 0.05) is 23.9 Å². The highest BCUT2D eigenvalue weighted by molar-refractivity contribution is 5.82. The van der Waals surface area contributed by atoms with Crippen molar-refractivity contribution >= 4 is 18.0 Å². The van der Waals surface area contributed by atoms with Crippen molar-refractivity contribution in [3.05, 3.63) is 59.7 Å². The Morgan fingerprint density at radius 3 is 1.94 bits per heavy atom. The molecule has 3 N–H and O–H groups in total. The highest BCUT2D eigenvalue weighted by atomic mass is 16.5. The summed E-state index contributed by atoms with van der Waals surface area (Å²) < 4.78 is 5.63. The van der Waals surface area contributed by atoms with Crippen molar-refractivity contribution in [1.29, 1.82) is 0 Å². The van der Waals surface area contributed by atoms with Gasteiger partial charge in [0.25, 0.3) is 0 Å². The molecule has 1 atom stereocenters. The van der Waals surface area contributed by atoms with Gasteiger partial charge in [0.2, 0.25) is 5.91 Å². The van der Waals surface area contributed by atoms with E-state index < -0.39 is 29.1 Å². The first-order valence-electron chi connectivity index (χ1n) is 12.0. The summed E-state index contributed by atoms with van der Waals surface area (Å²) in [5.41, 5.74) is 2.41. The number of carbonyl (C=O) groups excluding carboxylic acids is 2. The van der Waals surface area contributed by atoms with Crippen LogP contribution in [0.2, 0.25) is 0 Å². The molecule has 2 amide bonds. The van der Waals surface area contributed by atoms with Crippen LogP contribution in [0.15, 0.2) is 48.5 Å². The number of aliphatic carboxylic acids is 1. The van der Waals surface area contributed by atoms with Crippen molar-refractivity contribution in [1.82, 2.24) is 10.6 Å². The first kappa shape index (κ1) is 26.3. The maximum absolute atomic E-state index is 12.8. The van der Waals surface area contributed by atoms with Crippen LogP contribution in [-0.4, -0.2) is 41.3 Å². The second-order valence-corrected chi connectivity index (χ2v) is 10.6. The number of benzene rings is 2. The zero-order chi connectivity index (χ0) is 26.0. The van der Waals surface area contributed by atoms with Gasteiger partial charge in [-0.1, -0.05) is 62.4 Å². The van der Waals surface area contributed by atoms with Gasteiger partial charge in [0.05, 0.1) is 5.41 Å². The molecule has 0 radical (unpaired) electrons. The van der Waals surface area contributed by atoms with Crippen molar-refractivity contribution in [3.63, 3.8) is 0 Å². The minimum atomic E-state index is -1.17. The lowest BCUT2D eigenvalue weighted by atomic mass is 9.74. The van der Waals surface area contributed by atoms with E-state index in [1.807, 2.05) is 38.1 Å². The molecule has 0 aromatic heterocycles. The van der Waals surface area contributed by atoms with E-state index in [4.69, 9.17) is 4.74 Å². The van der Waals surface area contributed by atoms with Crippen LogP contribution < -0.4 is 10.6 Å². The van der Waals surface area contributed by atoms with Crippen molar-refractivity contribution in [2.45, 2.75) is 65.5 Å². The Labute approximate surface area is 207 Å². The largest absolute Gasteiger partial charge is 0.481 e. The summed E-state index contributed by atoms with van der Waals surface area (Å²) in [6, 6.07) is 15.8. The average Bonchev–Trinajstić information content (AvgIpc) is 3.10. The number of hydrogen-bond acceptors (Lipinski definition) is 4. The van der Waals surface area contributed by atoms with Gasteiger partial charge in [0.15, 0.2) is 0 Å². The number of fused-ring (bicyclic) bond motifs is 3. The van der Waals surface area contributed by atoms with E-state index in [0.29, 0.717) is 0 Å². The van der Waals surface area contributed by atoms with Gasteiger partial charge in [-0.2, -0.15) is 0 Å². The lowest BCUT2D eigenvalue weighted by Crippen LogP contribution is -2.57. The number of nitrogens with one attached hydrogen (secondary N) is 2. The van der Waals surface area contributed by atoms with Crippen molar-refractivity contribution in [3.8, 4) is 11.1 Å². The molecule has 0 saturated carbocycles. The summed E-state index contributed by atoms with van der Waals surface area (Å²) in [6.45, 7) is 10.5. The Balaban J connectivity index is 1.62. The van der Waals surface area contributed by atoms with Gasteiger partial charge in [0.1, 0.15) is 6.61 Å². The maximum atomic E-state index is 12.8. The molecule has 7 heteroatoms. The fourth-order valence-corrected chi connectivity index (χ4v) is 4.27. The molecule has 1 aliphatic carbocycles. The smallest absolute Gasteiger partial charge is 0.407 e. The molecule has 188 valence electrons. The van der Waals surface area contributed by atoms with Crippen molar-refractivity contribution < 1.29 is 24.2 Å². The number of ether oxygens (including phenoxy) is 1. The first-order chi connectivity index (χ1) is 16.3. The molecule has 1 aliphatic rings. The van der Waals surface area contributed by atoms with Gasteiger partial charge >= 0.3 is 12.1 Å². The molecule has 0 spiro atoms. The van der Waals surface area contributed by atoms with Crippen molar-refractivity contribution in [2.24, 2.45) is 11.3 Å². The van der Waals surface area contributed by atoms with E-state index in [1.54, 1.807) is 27.7 Å². The van der Waals surface area contributed by atoms with Gasteiger partial charge in [-0.25, -0.2) is 4.79 Å². The summed E-state index contributed by atoms with van der Waals surface area (Å²) in [5, 5.41) is 15.2. The van der Waals surface area contributed by atoms with Crippen LogP contribution in [0.25, 0.3) is 11.1 Å². The summed E-state index contributed by atoms with van der Waals surface area (Å²) in [5.74, 6) is -1.41. The topological polar surface area (TPSA) is 105 Å². The van der Waals surface area contributed by atoms with Crippen LogP contribution in [0.3, 0.4) is 0 Å². The molecule has 1 unspecified atom stereocenters. The van der Waals surface area contributed by atoms with E-state index in [0.717, 1.165) is 22.3 Å². The number of rotatable bonds is 9. The first-order valence-corrected chi connectivity index (χ1v) is 12.0. The number of carboxylic acids is 1. The SMILES string of the molecule is CC(C)C(CC(=O)NC(C)(C)C(C)(C)C(=O)O)NC(=O)OCC1c2ccccc2-c2ccccc21. The van der Waals surface area contributed by atoms with E-state index in [2.05, 4.69) is 34.9 Å². The van der Waals surface area contributed by atoms with E-state index >= 15 is 0 Å². The highest BCUT2D eigenvalue weighted by Gasteiger charge is 2.44. The lowest BCUT2D eigenvalue weighted by Gasteiger charge is -2.39. The van der Waals surface area contributed by atoms with E-state index in [9.17, 15) is 19.5 Å². The normalized spacial score (nSPS) is 14.1. The molecular weight excluding hydrogens is 444 g/mol. The highest BCUT2D eigenvalue weighted by Crippen LogP contribution is 2.44. The lowest BCUT2D eigenvalue weighted by molar-refractivity contribution is -0.151. The number of hydrogen-bond donors (Lipinski definition) is 3. The molecule has 0 bridgehead atoms. The molecule has 2 aromatic carbocycles. The summed E-state index contributed by atoms with van der Waals surface area (Å²) in [7, 11) is 0. The summed E-state index contributed by atoms with van der Waals surface area (Å²) >= 11 is 0. The van der Waals surface area contributed by atoms with Gasteiger partial charge in [-0.05, 0) is 55.9 Å². The molecule has 2 aromatic rings. The fourth-order valence-electron chi connectivity index (χ4n) is 4.27. The Hall–Kier alpha value is -3.35. The zero-order valence-corrected chi connectivity index (χ0v) is 21.3. The maximum Gasteiger partial charge on any atom is 0.407 e. The standard InChI is InChI=1S/C28H36N2O5/c1-17(2)23(15-24(31)30-28(5,6)27(3,4)25(32)33)29-26(34)35-16-22-20-13-9-7-11-18(20)19-12-8-10-14-21(19)22/h7-14,17,22-23H,15-16H2,1-6H3,(H,29,34)(H,30,31)(H,32,33). The van der Waals surface area contributed by atoms with Crippen LogP contribution >= 0.6 is 0 Å². The third kappa shape index (κ3) is 5.50. The Bertz CT molecular complexity index is 1060. The van der Waals surface area contributed by atoms with Crippen LogP contribution in [0, 0.1) is 11.3 Å². The molecular formula is C28H36N2O5. The third-order valence-corrected chi connectivity index (χ3v) is 7.41. The molecule has 0 heterocycles. The third-order valence-electron chi connectivity index (χ3n) is 7.41. The van der Waals surface area contributed by atoms with Crippen LogP contribution in [0.4, 0.5) is 4.79 Å². The number of alkyl carbamates (subject to hydrolysis) is 1. The number of carboxylic acid groups (broad SMARTS) is 1. The average molecular weight is 481 g/mol. The second kappa shape index (κ2) is 10.1. The molecule has 7 nitrogen and oxygen atoms in total. The molecule has 0 fully saturated rings. The quantitative estimate of drug-likeness (QED) is 0.471. The second-order valence-electron chi connectivity index (χ2n) is 10.6. The molecule has 0 aliphatic heterocycles.